The molecule has 0 atom stereocenters. The summed E-state index contributed by atoms with van der Waals surface area (Å²) in [5.74, 6) is -2.51. The van der Waals surface area contributed by atoms with Gasteiger partial charge in [0.2, 0.25) is 0 Å². The summed E-state index contributed by atoms with van der Waals surface area (Å²) in [5.41, 5.74) is 0. The highest BCUT2D eigenvalue weighted by Crippen LogP contribution is 1.70. The Hall–Kier alpha value is -1.48. The van der Waals surface area contributed by atoms with Gasteiger partial charge in [0.05, 0.1) is 0 Å². The molecule has 8 heteroatoms. The fourth-order valence-electron chi connectivity index (χ4n) is 1.35. The first kappa shape index (κ1) is 18.5. The summed E-state index contributed by atoms with van der Waals surface area (Å²) >= 11 is 0. The van der Waals surface area contributed by atoms with Crippen LogP contribution in [0.1, 0.15) is 0 Å². The first-order valence-electron chi connectivity index (χ1n) is 6.59. The Labute approximate surface area is 118 Å². The predicted molar refractivity (Wildman–Crippen MR) is 75.9 cm³/mol. The van der Waals surface area contributed by atoms with E-state index >= 15 is 0 Å². The lowest BCUT2D eigenvalue weighted by Gasteiger charge is -2.11. The van der Waals surface area contributed by atoms with Gasteiger partial charge in [0.1, 0.15) is 0 Å². The number of carboxylic acids is 2. The van der Waals surface area contributed by atoms with Crippen LogP contribution in [0.3, 0.4) is 0 Å². The van der Waals surface area contributed by atoms with Crippen LogP contribution >= 0.6 is 0 Å². The van der Waals surface area contributed by atoms with E-state index in [1.807, 2.05) is 0 Å². The van der Waals surface area contributed by atoms with E-state index in [2.05, 4.69) is 21.3 Å². The first-order chi connectivity index (χ1) is 9.63. The fourth-order valence-corrected chi connectivity index (χ4v) is 1.35. The molecule has 116 valence electrons. The van der Waals surface area contributed by atoms with Gasteiger partial charge in [0, 0.05) is 64.5 Å². The van der Waals surface area contributed by atoms with E-state index in [4.69, 9.17) is 10.2 Å². The molecule has 20 heavy (non-hydrogen) atoms. The summed E-state index contributed by atoms with van der Waals surface area (Å²) in [7, 11) is 0. The van der Waals surface area contributed by atoms with Crippen LogP contribution in [-0.4, -0.2) is 74.5 Å². The maximum Gasteiger partial charge on any atom is 0.328 e. The fraction of sp³-hybridized carbons (Fsp3) is 0.667. The van der Waals surface area contributed by atoms with Gasteiger partial charge in [-0.2, -0.15) is 0 Å². The molecule has 0 amide bonds. The summed E-state index contributed by atoms with van der Waals surface area (Å²) < 4.78 is 0. The SMILES string of the molecule is C1CNCCN1.C1CNCCN1.O=C(O)/C=C/C(=O)O. The molecule has 2 heterocycles. The van der Waals surface area contributed by atoms with Crippen molar-refractivity contribution in [3.8, 4) is 0 Å². The molecule has 0 bridgehead atoms. The molecule has 0 radical (unpaired) electrons. The number of aliphatic carboxylic acids is 2. The Morgan fingerprint density at radius 3 is 0.900 bits per heavy atom. The third-order valence-electron chi connectivity index (χ3n) is 2.28. The minimum atomic E-state index is -1.26. The quantitative estimate of drug-likeness (QED) is 0.325. The third kappa shape index (κ3) is 16.5. The zero-order chi connectivity index (χ0) is 15.1. The topological polar surface area (TPSA) is 123 Å². The Kier molecular flexibility index (Phi) is 12.9. The summed E-state index contributed by atoms with van der Waals surface area (Å²) in [4.78, 5) is 19.1. The van der Waals surface area contributed by atoms with E-state index in [0.717, 1.165) is 52.4 Å². The highest BCUT2D eigenvalue weighted by molar-refractivity contribution is 5.89. The molecule has 2 saturated heterocycles. The van der Waals surface area contributed by atoms with Crippen molar-refractivity contribution < 1.29 is 19.8 Å². The van der Waals surface area contributed by atoms with Crippen molar-refractivity contribution in [2.45, 2.75) is 0 Å². The van der Waals surface area contributed by atoms with Crippen LogP contribution in [0.15, 0.2) is 12.2 Å². The van der Waals surface area contributed by atoms with Gasteiger partial charge in [-0.05, 0) is 0 Å². The molecule has 6 N–H and O–H groups in total. The van der Waals surface area contributed by atoms with E-state index in [-0.39, 0.29) is 0 Å². The molecule has 0 aromatic rings. The molecule has 0 aromatic heterocycles. The van der Waals surface area contributed by atoms with Gasteiger partial charge in [-0.15, -0.1) is 0 Å². The van der Waals surface area contributed by atoms with Crippen molar-refractivity contribution in [3.05, 3.63) is 12.2 Å². The summed E-state index contributed by atoms with van der Waals surface area (Å²) in [6.45, 7) is 9.11. The van der Waals surface area contributed by atoms with Crippen LogP contribution in [0, 0.1) is 0 Å². The minimum Gasteiger partial charge on any atom is -0.478 e. The second-order valence-corrected chi connectivity index (χ2v) is 4.01. The van der Waals surface area contributed by atoms with E-state index < -0.39 is 11.9 Å². The number of carboxylic acid groups (broad SMARTS) is 2. The van der Waals surface area contributed by atoms with Crippen LogP contribution in [0.5, 0.6) is 0 Å². The van der Waals surface area contributed by atoms with Gasteiger partial charge >= 0.3 is 11.9 Å². The highest BCUT2D eigenvalue weighted by Gasteiger charge is 1.92. The van der Waals surface area contributed by atoms with E-state index in [1.54, 1.807) is 0 Å². The number of piperazine rings is 2. The van der Waals surface area contributed by atoms with E-state index in [1.165, 1.54) is 0 Å². The van der Waals surface area contributed by atoms with E-state index in [0.29, 0.717) is 12.2 Å². The molecule has 0 saturated carbocycles. The molecule has 2 aliphatic heterocycles. The van der Waals surface area contributed by atoms with Gasteiger partial charge in [0.25, 0.3) is 0 Å². The van der Waals surface area contributed by atoms with Gasteiger partial charge < -0.3 is 31.5 Å². The van der Waals surface area contributed by atoms with Crippen molar-refractivity contribution in [2.75, 3.05) is 52.4 Å². The van der Waals surface area contributed by atoms with Crippen LogP contribution in [0.25, 0.3) is 0 Å². The maximum atomic E-state index is 9.55. The molecule has 2 rings (SSSR count). The second-order valence-electron chi connectivity index (χ2n) is 4.01. The minimum absolute atomic E-state index is 0.558. The Morgan fingerprint density at radius 2 is 0.800 bits per heavy atom. The number of hydrogen-bond donors (Lipinski definition) is 6. The molecular formula is C12H24N4O4. The average Bonchev–Trinajstić information content (AvgIpc) is 2.50. The molecule has 8 nitrogen and oxygen atoms in total. The van der Waals surface area contributed by atoms with E-state index in [9.17, 15) is 9.59 Å². The number of carbonyl (C=O) groups is 2. The Balaban J connectivity index is 0.000000274. The second kappa shape index (κ2) is 13.9. The summed E-state index contributed by atoms with van der Waals surface area (Å²) in [6.07, 6.45) is 1.12. The zero-order valence-electron chi connectivity index (χ0n) is 11.5. The van der Waals surface area contributed by atoms with Crippen LogP contribution in [0.4, 0.5) is 0 Å². The normalized spacial score (nSPS) is 18.2. The summed E-state index contributed by atoms with van der Waals surface area (Å²) in [5, 5.41) is 28.5. The number of nitrogens with one attached hydrogen (secondary N) is 4. The predicted octanol–water partition coefficient (Wildman–Crippen LogP) is -1.93. The van der Waals surface area contributed by atoms with Gasteiger partial charge in [0.15, 0.2) is 0 Å². The van der Waals surface area contributed by atoms with Crippen molar-refractivity contribution in [3.63, 3.8) is 0 Å². The lowest BCUT2D eigenvalue weighted by atomic mass is 10.4. The lowest BCUT2D eigenvalue weighted by Crippen LogP contribution is -2.39. The first-order valence-corrected chi connectivity index (χ1v) is 6.59. The zero-order valence-corrected chi connectivity index (χ0v) is 11.5. The Morgan fingerprint density at radius 1 is 0.600 bits per heavy atom. The molecule has 2 fully saturated rings. The highest BCUT2D eigenvalue weighted by atomic mass is 16.4. The average molecular weight is 288 g/mol. The van der Waals surface area contributed by atoms with Crippen LogP contribution < -0.4 is 21.3 Å². The van der Waals surface area contributed by atoms with Crippen molar-refractivity contribution >= 4 is 11.9 Å². The van der Waals surface area contributed by atoms with Crippen molar-refractivity contribution in [2.24, 2.45) is 0 Å². The van der Waals surface area contributed by atoms with Crippen molar-refractivity contribution in [1.29, 1.82) is 0 Å². The van der Waals surface area contributed by atoms with Crippen LogP contribution in [-0.2, 0) is 9.59 Å². The van der Waals surface area contributed by atoms with Gasteiger partial charge in [-0.3, -0.25) is 0 Å². The molecule has 2 aliphatic rings. The molecular weight excluding hydrogens is 264 g/mol. The molecule has 0 unspecified atom stereocenters. The van der Waals surface area contributed by atoms with Crippen molar-refractivity contribution in [1.82, 2.24) is 21.3 Å². The third-order valence-corrected chi connectivity index (χ3v) is 2.28. The lowest BCUT2D eigenvalue weighted by molar-refractivity contribution is -0.134. The molecule has 0 spiro atoms. The number of hydrogen-bond acceptors (Lipinski definition) is 6. The largest absolute Gasteiger partial charge is 0.478 e. The van der Waals surface area contributed by atoms with Gasteiger partial charge in [-0.1, -0.05) is 0 Å². The van der Waals surface area contributed by atoms with Crippen LogP contribution in [0.2, 0.25) is 0 Å². The Bertz CT molecular complexity index is 238. The standard InChI is InChI=1S/2C4H10N2.C4H4O4/c2*1-2-6-4-3-5-1;5-3(6)1-2-4(7)8/h2*5-6H,1-4H2;1-2H,(H,5,6)(H,7,8)/b;;2-1+. The maximum absolute atomic E-state index is 9.55. The monoisotopic (exact) mass is 288 g/mol. The summed E-state index contributed by atoms with van der Waals surface area (Å²) in [6, 6.07) is 0. The molecule has 0 aromatic carbocycles. The van der Waals surface area contributed by atoms with Gasteiger partial charge in [-0.25, -0.2) is 9.59 Å². The molecule has 0 aliphatic carbocycles. The smallest absolute Gasteiger partial charge is 0.328 e. The number of rotatable bonds is 2.